The molecule has 2 saturated carbocycles. The molecule has 0 atom stereocenters. The van der Waals surface area contributed by atoms with E-state index in [0.717, 1.165) is 24.0 Å². The third kappa shape index (κ3) is 2.98. The van der Waals surface area contributed by atoms with E-state index < -0.39 is 0 Å². The lowest BCUT2D eigenvalue weighted by molar-refractivity contribution is 0.140. The monoisotopic (exact) mass is 283 g/mol. The number of hydrogen-bond acceptors (Lipinski definition) is 2. The Balaban J connectivity index is 1.54. The Morgan fingerprint density at radius 2 is 1.86 bits per heavy atom. The normalized spacial score (nSPS) is 20.4. The highest BCUT2D eigenvalue weighted by atomic mass is 15.2. The fourth-order valence-electron chi connectivity index (χ4n) is 3.76. The Kier molecular flexibility index (Phi) is 3.68. The Morgan fingerprint density at radius 1 is 1.05 bits per heavy atom. The molecule has 2 fully saturated rings. The Bertz CT molecular complexity index is 593. The average molecular weight is 283 g/mol. The van der Waals surface area contributed by atoms with Gasteiger partial charge in [0.25, 0.3) is 0 Å². The molecule has 3 heteroatoms. The summed E-state index contributed by atoms with van der Waals surface area (Å²) in [6.45, 7) is 2.33. The molecule has 1 aromatic heterocycles. The van der Waals surface area contributed by atoms with E-state index in [0.29, 0.717) is 0 Å². The van der Waals surface area contributed by atoms with Crippen molar-refractivity contribution >= 4 is 10.9 Å². The van der Waals surface area contributed by atoms with Crippen LogP contribution in [-0.2, 0) is 6.54 Å². The van der Waals surface area contributed by atoms with Crippen molar-refractivity contribution in [1.82, 2.24) is 15.1 Å². The number of fused-ring (bicyclic) bond motifs is 1. The van der Waals surface area contributed by atoms with Crippen LogP contribution < -0.4 is 0 Å². The quantitative estimate of drug-likeness (QED) is 0.895. The molecule has 2 aliphatic carbocycles. The molecule has 1 N–H and O–H groups in total. The summed E-state index contributed by atoms with van der Waals surface area (Å²) < 4.78 is 0. The zero-order chi connectivity index (χ0) is 14.1. The highest BCUT2D eigenvalue weighted by molar-refractivity contribution is 5.81. The van der Waals surface area contributed by atoms with Crippen LogP contribution in [0.2, 0.25) is 0 Å². The highest BCUT2D eigenvalue weighted by Gasteiger charge is 2.29. The second kappa shape index (κ2) is 5.80. The molecule has 2 aromatic rings. The molecule has 2 aliphatic rings. The minimum Gasteiger partial charge on any atom is -0.294 e. The molecule has 4 rings (SSSR count). The number of nitrogens with zero attached hydrogens (tertiary/aromatic N) is 2. The van der Waals surface area contributed by atoms with Crippen molar-refractivity contribution in [1.29, 1.82) is 0 Å². The van der Waals surface area contributed by atoms with E-state index in [1.165, 1.54) is 62.6 Å². The summed E-state index contributed by atoms with van der Waals surface area (Å²) in [7, 11) is 0. The number of aromatic nitrogens is 2. The van der Waals surface area contributed by atoms with Crippen LogP contribution >= 0.6 is 0 Å². The largest absolute Gasteiger partial charge is 0.294 e. The maximum Gasteiger partial charge on any atom is 0.0924 e. The summed E-state index contributed by atoms with van der Waals surface area (Å²) in [5.74, 6) is 0.959. The summed E-state index contributed by atoms with van der Waals surface area (Å²) in [4.78, 5) is 2.75. The molecule has 0 radical (unpaired) electrons. The number of aromatic amines is 1. The van der Waals surface area contributed by atoms with Crippen LogP contribution in [0.25, 0.3) is 10.9 Å². The maximum absolute atomic E-state index is 4.46. The number of nitrogens with one attached hydrogen (secondary N) is 1. The van der Waals surface area contributed by atoms with E-state index in [4.69, 9.17) is 0 Å². The molecule has 1 heterocycles. The van der Waals surface area contributed by atoms with Crippen molar-refractivity contribution in [2.45, 2.75) is 57.5 Å². The van der Waals surface area contributed by atoms with Gasteiger partial charge >= 0.3 is 0 Å². The van der Waals surface area contributed by atoms with Gasteiger partial charge in [-0.25, -0.2) is 0 Å². The van der Waals surface area contributed by atoms with Crippen LogP contribution in [-0.4, -0.2) is 27.7 Å². The van der Waals surface area contributed by atoms with Gasteiger partial charge < -0.3 is 0 Å². The van der Waals surface area contributed by atoms with Gasteiger partial charge in [0.15, 0.2) is 0 Å². The van der Waals surface area contributed by atoms with Crippen molar-refractivity contribution < 1.29 is 0 Å². The van der Waals surface area contributed by atoms with Crippen molar-refractivity contribution in [3.63, 3.8) is 0 Å². The summed E-state index contributed by atoms with van der Waals surface area (Å²) in [5, 5.41) is 9.05. The van der Waals surface area contributed by atoms with Crippen LogP contribution in [0.15, 0.2) is 24.3 Å². The van der Waals surface area contributed by atoms with Crippen LogP contribution in [0.3, 0.4) is 0 Å². The minimum absolute atomic E-state index is 0.793. The van der Waals surface area contributed by atoms with E-state index >= 15 is 0 Å². The zero-order valence-electron chi connectivity index (χ0n) is 12.7. The first kappa shape index (κ1) is 13.3. The molecule has 0 bridgehead atoms. The molecule has 0 saturated heterocycles. The molecule has 0 amide bonds. The minimum atomic E-state index is 0.793. The SMILES string of the molecule is c1ccc2c(CN(CC3CC3)C3CCCCC3)[nH]nc2c1. The molecule has 1 aromatic carbocycles. The lowest BCUT2D eigenvalue weighted by Crippen LogP contribution is -2.37. The van der Waals surface area contributed by atoms with E-state index in [9.17, 15) is 0 Å². The molecule has 3 nitrogen and oxygen atoms in total. The maximum atomic E-state index is 4.46. The molecule has 21 heavy (non-hydrogen) atoms. The van der Waals surface area contributed by atoms with Gasteiger partial charge in [-0.1, -0.05) is 37.5 Å². The molecular formula is C18H25N3. The van der Waals surface area contributed by atoms with Gasteiger partial charge in [-0.15, -0.1) is 0 Å². The number of para-hydroxylation sites is 1. The Morgan fingerprint density at radius 3 is 2.67 bits per heavy atom. The van der Waals surface area contributed by atoms with Gasteiger partial charge in [-0.05, 0) is 37.7 Å². The second-order valence-electron chi connectivity index (χ2n) is 6.88. The van der Waals surface area contributed by atoms with E-state index in [2.05, 4.69) is 39.4 Å². The number of hydrogen-bond donors (Lipinski definition) is 1. The van der Waals surface area contributed by atoms with Crippen molar-refractivity contribution in [3.05, 3.63) is 30.0 Å². The van der Waals surface area contributed by atoms with Gasteiger partial charge in [0.05, 0.1) is 11.2 Å². The summed E-state index contributed by atoms with van der Waals surface area (Å²) in [5.41, 5.74) is 2.40. The highest BCUT2D eigenvalue weighted by Crippen LogP contribution is 2.33. The van der Waals surface area contributed by atoms with Crippen LogP contribution in [0, 0.1) is 5.92 Å². The third-order valence-electron chi connectivity index (χ3n) is 5.18. The van der Waals surface area contributed by atoms with Crippen LogP contribution in [0.1, 0.15) is 50.6 Å². The van der Waals surface area contributed by atoms with E-state index in [-0.39, 0.29) is 0 Å². The summed E-state index contributed by atoms with van der Waals surface area (Å²) in [6.07, 6.45) is 9.91. The van der Waals surface area contributed by atoms with Gasteiger partial charge in [0.1, 0.15) is 0 Å². The van der Waals surface area contributed by atoms with E-state index in [1.54, 1.807) is 0 Å². The van der Waals surface area contributed by atoms with Crippen molar-refractivity contribution in [2.75, 3.05) is 6.54 Å². The first-order valence-electron chi connectivity index (χ1n) is 8.56. The molecule has 112 valence electrons. The lowest BCUT2D eigenvalue weighted by atomic mass is 9.93. The molecular weight excluding hydrogens is 258 g/mol. The van der Waals surface area contributed by atoms with E-state index in [1.807, 2.05) is 0 Å². The van der Waals surface area contributed by atoms with Crippen molar-refractivity contribution in [2.24, 2.45) is 5.92 Å². The average Bonchev–Trinajstić information content (AvgIpc) is 3.27. The van der Waals surface area contributed by atoms with Crippen LogP contribution in [0.5, 0.6) is 0 Å². The predicted octanol–water partition coefficient (Wildman–Crippen LogP) is 4.11. The molecule has 0 aliphatic heterocycles. The first-order valence-corrected chi connectivity index (χ1v) is 8.56. The number of H-pyrrole nitrogens is 1. The topological polar surface area (TPSA) is 31.9 Å². The van der Waals surface area contributed by atoms with Gasteiger partial charge in [0, 0.05) is 24.5 Å². The third-order valence-corrected chi connectivity index (χ3v) is 5.18. The standard InChI is InChI=1S/C18H25N3/c1-2-6-15(7-3-1)21(12-14-10-11-14)13-18-16-8-4-5-9-17(16)19-20-18/h4-5,8-9,14-15H,1-3,6-7,10-13H2,(H,19,20). The van der Waals surface area contributed by atoms with Crippen LogP contribution in [0.4, 0.5) is 0 Å². The molecule has 0 spiro atoms. The summed E-state index contributed by atoms with van der Waals surface area (Å²) >= 11 is 0. The zero-order valence-corrected chi connectivity index (χ0v) is 12.7. The number of rotatable bonds is 5. The van der Waals surface area contributed by atoms with Gasteiger partial charge in [-0.2, -0.15) is 5.10 Å². The van der Waals surface area contributed by atoms with Crippen molar-refractivity contribution in [3.8, 4) is 0 Å². The number of benzene rings is 1. The molecule has 0 unspecified atom stereocenters. The van der Waals surface area contributed by atoms with Gasteiger partial charge in [0.2, 0.25) is 0 Å². The first-order chi connectivity index (χ1) is 10.4. The fourth-order valence-corrected chi connectivity index (χ4v) is 3.76. The Hall–Kier alpha value is -1.35. The lowest BCUT2D eigenvalue weighted by Gasteiger charge is -2.34. The summed E-state index contributed by atoms with van der Waals surface area (Å²) in [6, 6.07) is 9.27. The van der Waals surface area contributed by atoms with Gasteiger partial charge in [-0.3, -0.25) is 10.00 Å². The second-order valence-corrected chi connectivity index (χ2v) is 6.88. The Labute approximate surface area is 126 Å². The fraction of sp³-hybridized carbons (Fsp3) is 0.611. The predicted molar refractivity (Wildman–Crippen MR) is 86.1 cm³/mol. The smallest absolute Gasteiger partial charge is 0.0924 e.